The van der Waals surface area contributed by atoms with Crippen LogP contribution in [0.15, 0.2) is 36.4 Å². The van der Waals surface area contributed by atoms with Crippen molar-refractivity contribution in [1.29, 1.82) is 5.26 Å². The van der Waals surface area contributed by atoms with Crippen molar-refractivity contribution in [2.45, 2.75) is 6.92 Å². The number of non-ortho nitro benzene ring substituents is 1. The SMILES string of the molecule is CCOc1cc(/C=C(/C#N)c2ccc([N+](=O)[O-])cc2)cc(I)c1O. The van der Waals surface area contributed by atoms with Crippen LogP contribution in [0.5, 0.6) is 11.5 Å². The van der Waals surface area contributed by atoms with Gasteiger partial charge in [0.05, 0.1) is 26.7 Å². The van der Waals surface area contributed by atoms with Gasteiger partial charge in [0.25, 0.3) is 5.69 Å². The van der Waals surface area contributed by atoms with Crippen LogP contribution in [0.25, 0.3) is 11.6 Å². The van der Waals surface area contributed by atoms with Crippen molar-refractivity contribution < 1.29 is 14.8 Å². The first-order chi connectivity index (χ1) is 11.5. The maximum atomic E-state index is 10.7. The quantitative estimate of drug-likeness (QED) is 0.247. The van der Waals surface area contributed by atoms with Gasteiger partial charge in [-0.1, -0.05) is 0 Å². The lowest BCUT2D eigenvalue weighted by Gasteiger charge is -2.09. The first kappa shape index (κ1) is 17.7. The van der Waals surface area contributed by atoms with Crippen LogP contribution in [0.1, 0.15) is 18.1 Å². The number of phenols is 1. The molecule has 1 N–H and O–H groups in total. The molecule has 0 atom stereocenters. The van der Waals surface area contributed by atoms with E-state index in [9.17, 15) is 20.5 Å². The van der Waals surface area contributed by atoms with Crippen molar-refractivity contribution in [3.63, 3.8) is 0 Å². The second-order valence-corrected chi connectivity index (χ2v) is 5.92. The highest BCUT2D eigenvalue weighted by Crippen LogP contribution is 2.34. The molecule has 0 amide bonds. The molecule has 0 aliphatic heterocycles. The highest BCUT2D eigenvalue weighted by Gasteiger charge is 2.10. The first-order valence-corrected chi connectivity index (χ1v) is 8.06. The predicted molar refractivity (Wildman–Crippen MR) is 98.6 cm³/mol. The van der Waals surface area contributed by atoms with E-state index in [1.807, 2.05) is 29.5 Å². The standard InChI is InChI=1S/C17H13IN2O4/c1-2-24-16-9-11(8-15(18)17(16)21)7-13(10-19)12-3-5-14(6-4-12)20(22)23/h3-9,21H,2H2,1H3/b13-7-. The van der Waals surface area contributed by atoms with Crippen LogP contribution in [0.2, 0.25) is 0 Å². The summed E-state index contributed by atoms with van der Waals surface area (Å²) in [4.78, 5) is 10.2. The van der Waals surface area contributed by atoms with Gasteiger partial charge in [-0.05, 0) is 71.0 Å². The highest BCUT2D eigenvalue weighted by molar-refractivity contribution is 14.1. The zero-order valence-corrected chi connectivity index (χ0v) is 14.9. The van der Waals surface area contributed by atoms with Crippen molar-refractivity contribution in [1.82, 2.24) is 0 Å². The van der Waals surface area contributed by atoms with Crippen LogP contribution in [0, 0.1) is 25.0 Å². The molecule has 0 saturated carbocycles. The van der Waals surface area contributed by atoms with Gasteiger partial charge < -0.3 is 9.84 Å². The van der Waals surface area contributed by atoms with E-state index in [2.05, 4.69) is 6.07 Å². The molecule has 0 bridgehead atoms. The lowest BCUT2D eigenvalue weighted by atomic mass is 10.0. The Morgan fingerprint density at radius 1 is 1.42 bits per heavy atom. The van der Waals surface area contributed by atoms with Crippen molar-refractivity contribution in [3.05, 3.63) is 61.2 Å². The molecule has 0 aliphatic rings. The second-order valence-electron chi connectivity index (χ2n) is 4.76. The van der Waals surface area contributed by atoms with Gasteiger partial charge >= 0.3 is 0 Å². The Balaban J connectivity index is 2.44. The number of hydrogen-bond donors (Lipinski definition) is 1. The van der Waals surface area contributed by atoms with Gasteiger partial charge in [-0.15, -0.1) is 0 Å². The van der Waals surface area contributed by atoms with Crippen LogP contribution < -0.4 is 4.74 Å². The second kappa shape index (κ2) is 7.79. The molecular weight excluding hydrogens is 423 g/mol. The minimum Gasteiger partial charge on any atom is -0.504 e. The monoisotopic (exact) mass is 436 g/mol. The van der Waals surface area contributed by atoms with Crippen LogP contribution in [0.3, 0.4) is 0 Å². The predicted octanol–water partition coefficient (Wildman–Crippen LogP) is 4.37. The summed E-state index contributed by atoms with van der Waals surface area (Å²) in [7, 11) is 0. The van der Waals surface area contributed by atoms with Gasteiger partial charge in [0.1, 0.15) is 0 Å². The van der Waals surface area contributed by atoms with Crippen molar-refractivity contribution in [2.24, 2.45) is 0 Å². The van der Waals surface area contributed by atoms with Gasteiger partial charge in [0.2, 0.25) is 0 Å². The summed E-state index contributed by atoms with van der Waals surface area (Å²) in [5.41, 5.74) is 1.59. The van der Waals surface area contributed by atoms with E-state index < -0.39 is 4.92 Å². The number of allylic oxidation sites excluding steroid dienone is 1. The Bertz CT molecular complexity index is 839. The summed E-state index contributed by atoms with van der Waals surface area (Å²) in [5, 5.41) is 30.0. The molecule has 6 nitrogen and oxygen atoms in total. The normalized spacial score (nSPS) is 11.0. The van der Waals surface area contributed by atoms with Gasteiger partial charge in [0.15, 0.2) is 11.5 Å². The van der Waals surface area contributed by atoms with Gasteiger partial charge in [-0.25, -0.2) is 0 Å². The Hall–Kier alpha value is -2.60. The number of aromatic hydroxyl groups is 1. The lowest BCUT2D eigenvalue weighted by Crippen LogP contribution is -1.94. The van der Waals surface area contributed by atoms with Crippen LogP contribution in [-0.2, 0) is 0 Å². The number of halogens is 1. The molecule has 0 spiro atoms. The molecule has 0 heterocycles. The summed E-state index contributed by atoms with van der Waals surface area (Å²) in [6.45, 7) is 2.22. The molecule has 0 saturated heterocycles. The Kier molecular flexibility index (Phi) is 5.76. The molecule has 0 aliphatic carbocycles. The van der Waals surface area contributed by atoms with Gasteiger partial charge in [-0.3, -0.25) is 10.1 Å². The number of nitro groups is 1. The van der Waals surface area contributed by atoms with Crippen LogP contribution >= 0.6 is 22.6 Å². The molecule has 0 aromatic heterocycles. The van der Waals surface area contributed by atoms with E-state index >= 15 is 0 Å². The molecule has 2 aromatic rings. The molecule has 2 rings (SSSR count). The minimum absolute atomic E-state index is 0.0335. The number of nitriles is 1. The van der Waals surface area contributed by atoms with Crippen LogP contribution in [-0.4, -0.2) is 16.6 Å². The average molecular weight is 436 g/mol. The van der Waals surface area contributed by atoms with E-state index in [-0.39, 0.29) is 11.4 Å². The summed E-state index contributed by atoms with van der Waals surface area (Å²) in [6.07, 6.45) is 1.64. The minimum atomic E-state index is -0.490. The third-order valence-electron chi connectivity index (χ3n) is 3.17. The van der Waals surface area contributed by atoms with E-state index in [0.717, 1.165) is 0 Å². The Labute approximate surface area is 152 Å². The summed E-state index contributed by atoms with van der Waals surface area (Å²) in [5.74, 6) is 0.403. The number of phenolic OH excluding ortho intramolecular Hbond substituents is 1. The lowest BCUT2D eigenvalue weighted by molar-refractivity contribution is -0.384. The number of benzene rings is 2. The number of nitro benzene ring substituents is 1. The van der Waals surface area contributed by atoms with Gasteiger partial charge in [0, 0.05) is 12.1 Å². The molecule has 0 fully saturated rings. The summed E-state index contributed by atoms with van der Waals surface area (Å²) >= 11 is 1.98. The topological polar surface area (TPSA) is 96.4 Å². The Morgan fingerprint density at radius 3 is 2.62 bits per heavy atom. The number of hydrogen-bond acceptors (Lipinski definition) is 5. The smallest absolute Gasteiger partial charge is 0.269 e. The molecular formula is C17H13IN2O4. The average Bonchev–Trinajstić information content (AvgIpc) is 2.57. The third-order valence-corrected chi connectivity index (χ3v) is 3.99. The largest absolute Gasteiger partial charge is 0.504 e. The summed E-state index contributed by atoms with van der Waals surface area (Å²) in [6, 6.07) is 11.2. The van der Waals surface area contributed by atoms with Crippen LogP contribution in [0.4, 0.5) is 5.69 Å². The van der Waals surface area contributed by atoms with Gasteiger partial charge in [-0.2, -0.15) is 5.26 Å². The highest BCUT2D eigenvalue weighted by atomic mass is 127. The third kappa shape index (κ3) is 4.02. The van der Waals surface area contributed by atoms with E-state index in [1.165, 1.54) is 24.3 Å². The number of ether oxygens (including phenoxy) is 1. The van der Waals surface area contributed by atoms with E-state index in [4.69, 9.17) is 4.74 Å². The molecule has 0 radical (unpaired) electrons. The fourth-order valence-electron chi connectivity index (χ4n) is 2.05. The zero-order valence-electron chi connectivity index (χ0n) is 12.7. The van der Waals surface area contributed by atoms with Crippen molar-refractivity contribution in [3.8, 4) is 17.6 Å². The summed E-state index contributed by atoms with van der Waals surface area (Å²) < 4.78 is 5.98. The maximum absolute atomic E-state index is 10.7. The molecule has 122 valence electrons. The zero-order chi connectivity index (χ0) is 17.7. The maximum Gasteiger partial charge on any atom is 0.269 e. The number of rotatable bonds is 5. The molecule has 0 unspecified atom stereocenters. The van der Waals surface area contributed by atoms with E-state index in [0.29, 0.717) is 32.6 Å². The van der Waals surface area contributed by atoms with E-state index in [1.54, 1.807) is 18.2 Å². The van der Waals surface area contributed by atoms with Crippen molar-refractivity contribution in [2.75, 3.05) is 6.61 Å². The Morgan fingerprint density at radius 2 is 2.08 bits per heavy atom. The fraction of sp³-hybridized carbons (Fsp3) is 0.118. The molecule has 7 heteroatoms. The first-order valence-electron chi connectivity index (χ1n) is 6.98. The van der Waals surface area contributed by atoms with Crippen molar-refractivity contribution >= 4 is 39.9 Å². The molecule has 2 aromatic carbocycles. The molecule has 24 heavy (non-hydrogen) atoms. The number of nitrogens with zero attached hydrogens (tertiary/aromatic N) is 2. The fourth-order valence-corrected chi connectivity index (χ4v) is 2.68.